The first-order valence-corrected chi connectivity index (χ1v) is 17.2. The highest BCUT2D eigenvalue weighted by Crippen LogP contribution is 2.39. The molecule has 1 aliphatic carbocycles. The maximum Gasteiger partial charge on any atom is 0.283 e. The zero-order valence-corrected chi connectivity index (χ0v) is 26.8. The second-order valence-electron chi connectivity index (χ2n) is 13.1. The van der Waals surface area contributed by atoms with E-state index in [9.17, 15) is 18.0 Å². The van der Waals surface area contributed by atoms with E-state index in [0.717, 1.165) is 63.3 Å². The van der Waals surface area contributed by atoms with Crippen molar-refractivity contribution in [1.82, 2.24) is 24.4 Å². The van der Waals surface area contributed by atoms with E-state index in [1.54, 1.807) is 6.07 Å². The number of hydrogen-bond acceptors (Lipinski definition) is 8. The first kappa shape index (κ1) is 31.1. The summed E-state index contributed by atoms with van der Waals surface area (Å²) in [4.78, 5) is 33.6. The van der Waals surface area contributed by atoms with Gasteiger partial charge in [0.1, 0.15) is 5.69 Å². The van der Waals surface area contributed by atoms with Crippen molar-refractivity contribution in [1.29, 1.82) is 0 Å². The number of pyridine rings is 1. The molecule has 43 heavy (non-hydrogen) atoms. The molecule has 0 bridgehead atoms. The third-order valence-electron chi connectivity index (χ3n) is 8.31. The number of amides is 1. The quantitative estimate of drug-likeness (QED) is 0.331. The minimum atomic E-state index is -3.81. The topological polar surface area (TPSA) is 123 Å². The molecule has 0 spiro atoms. The summed E-state index contributed by atoms with van der Waals surface area (Å²) < 4.78 is 34.0. The summed E-state index contributed by atoms with van der Waals surface area (Å²) in [7, 11) is -3.81. The molecule has 1 amide bonds. The number of sulfonamides is 1. The fourth-order valence-corrected chi connectivity index (χ4v) is 6.84. The Bertz CT molecular complexity index is 1620. The van der Waals surface area contributed by atoms with Gasteiger partial charge in [0, 0.05) is 16.7 Å². The molecule has 1 unspecified atom stereocenters. The van der Waals surface area contributed by atoms with Gasteiger partial charge in [-0.2, -0.15) is 0 Å². The van der Waals surface area contributed by atoms with Gasteiger partial charge in [0.25, 0.3) is 5.91 Å². The maximum absolute atomic E-state index is 13.6. The van der Waals surface area contributed by atoms with Crippen LogP contribution in [-0.4, -0.2) is 70.3 Å². The minimum Gasteiger partial charge on any atom is -0.473 e. The van der Waals surface area contributed by atoms with Crippen LogP contribution in [0.25, 0.3) is 22.2 Å². The number of hydrogen-bond donors (Lipinski definition) is 1. The molecule has 1 aliphatic heterocycles. The Morgan fingerprint density at radius 3 is 2.30 bits per heavy atom. The highest BCUT2D eigenvalue weighted by molar-refractivity contribution is 7.89. The molecule has 2 aliphatic rings. The number of Topliss-reactive ketones (excluding diaryl/α,β-unsaturated/α-hetero) is 1. The summed E-state index contributed by atoms with van der Waals surface area (Å²) in [5.41, 5.74) is 2.35. The molecule has 5 rings (SSSR count). The highest BCUT2D eigenvalue weighted by Gasteiger charge is 2.37. The normalized spacial score (nSPS) is 18.8. The molecule has 1 saturated carbocycles. The fourth-order valence-electron chi connectivity index (χ4n) is 6.40. The van der Waals surface area contributed by atoms with Gasteiger partial charge in [-0.3, -0.25) is 14.5 Å². The number of rotatable bonds is 8. The van der Waals surface area contributed by atoms with Gasteiger partial charge < -0.3 is 4.74 Å². The molecule has 1 aromatic carbocycles. The van der Waals surface area contributed by atoms with E-state index in [2.05, 4.69) is 30.7 Å². The number of nitrogens with one attached hydrogen (secondary N) is 1. The van der Waals surface area contributed by atoms with E-state index < -0.39 is 15.9 Å². The van der Waals surface area contributed by atoms with E-state index in [0.29, 0.717) is 28.0 Å². The lowest BCUT2D eigenvalue weighted by atomic mass is 9.95. The fraction of sp³-hybridized carbons (Fsp3) is 0.562. The number of nitrogens with zero attached hydrogens (tertiary/aromatic N) is 4. The summed E-state index contributed by atoms with van der Waals surface area (Å²) >= 11 is 0. The predicted molar refractivity (Wildman–Crippen MR) is 167 cm³/mol. The number of likely N-dealkylation sites (tertiary alicyclic amines) is 1. The van der Waals surface area contributed by atoms with Gasteiger partial charge in [-0.05, 0) is 78.5 Å². The Balaban J connectivity index is 1.63. The van der Waals surface area contributed by atoms with Gasteiger partial charge in [-0.15, -0.1) is 5.10 Å². The Labute approximate surface area is 254 Å². The van der Waals surface area contributed by atoms with Gasteiger partial charge in [-0.25, -0.2) is 22.8 Å². The molecular formula is C32H43N5O5S. The van der Waals surface area contributed by atoms with Crippen molar-refractivity contribution in [2.24, 2.45) is 0 Å². The zero-order valence-electron chi connectivity index (χ0n) is 26.0. The van der Waals surface area contributed by atoms with Gasteiger partial charge in [0.2, 0.25) is 15.9 Å². The van der Waals surface area contributed by atoms with E-state index in [-0.39, 0.29) is 35.2 Å². The van der Waals surface area contributed by atoms with Crippen molar-refractivity contribution in [3.63, 3.8) is 0 Å². The molecule has 232 valence electrons. The Morgan fingerprint density at radius 1 is 1.02 bits per heavy atom. The van der Waals surface area contributed by atoms with Crippen molar-refractivity contribution in [2.45, 2.75) is 103 Å². The third-order valence-corrected chi connectivity index (χ3v) is 8.86. The van der Waals surface area contributed by atoms with E-state index in [1.807, 2.05) is 47.5 Å². The molecule has 0 radical (unpaired) electrons. The molecule has 10 nitrogen and oxygen atoms in total. The second-order valence-corrected chi connectivity index (χ2v) is 14.9. The summed E-state index contributed by atoms with van der Waals surface area (Å²) in [6.45, 7) is 11.2. The molecule has 1 N–H and O–H groups in total. The SMILES string of the molecule is CC(C)Oc1nn(C2CCCCC2)c2nc(C(=O)NS(C)(=O)=O)cc(-c3ccc(C(=O)C4CCCN4C(C)(C)C)cc3)c12. The molecule has 1 saturated heterocycles. The van der Waals surface area contributed by atoms with Crippen LogP contribution in [0.15, 0.2) is 30.3 Å². The average Bonchev–Trinajstić information content (AvgIpc) is 3.57. The maximum atomic E-state index is 13.6. The van der Waals surface area contributed by atoms with Crippen LogP contribution in [0.2, 0.25) is 0 Å². The van der Waals surface area contributed by atoms with Crippen LogP contribution in [0, 0.1) is 0 Å². The van der Waals surface area contributed by atoms with Crippen molar-refractivity contribution < 1.29 is 22.7 Å². The number of carbonyl (C=O) groups excluding carboxylic acids is 2. The molecule has 11 heteroatoms. The first-order valence-electron chi connectivity index (χ1n) is 15.3. The number of carbonyl (C=O) groups is 2. The highest BCUT2D eigenvalue weighted by atomic mass is 32.2. The lowest BCUT2D eigenvalue weighted by Crippen LogP contribution is -2.47. The molecular weight excluding hydrogens is 566 g/mol. The van der Waals surface area contributed by atoms with Gasteiger partial charge in [0.05, 0.1) is 29.8 Å². The van der Waals surface area contributed by atoms with Crippen LogP contribution in [0.3, 0.4) is 0 Å². The van der Waals surface area contributed by atoms with Crippen molar-refractivity contribution in [2.75, 3.05) is 12.8 Å². The standard InChI is InChI=1S/C32H43N5O5S/c1-20(2)42-31-27-24(21-14-16-22(17-15-21)28(38)26-13-10-18-36(26)32(3,4)5)19-25(30(39)35-43(6,40)41)33-29(27)37(34-31)23-11-8-7-9-12-23/h14-17,19-20,23,26H,7-13,18H2,1-6H3,(H,35,39). The predicted octanol–water partition coefficient (Wildman–Crippen LogP) is 5.53. The zero-order chi connectivity index (χ0) is 31.1. The summed E-state index contributed by atoms with van der Waals surface area (Å²) in [6.07, 6.45) is 7.75. The number of ether oxygens (including phenoxy) is 1. The van der Waals surface area contributed by atoms with Gasteiger partial charge in [-0.1, -0.05) is 43.5 Å². The molecule has 3 heterocycles. The Morgan fingerprint density at radius 2 is 1.70 bits per heavy atom. The molecule has 3 aromatic rings. The smallest absolute Gasteiger partial charge is 0.283 e. The number of ketones is 1. The number of aromatic nitrogens is 3. The molecule has 2 aromatic heterocycles. The van der Waals surface area contributed by atoms with Crippen LogP contribution in [-0.2, 0) is 10.0 Å². The summed E-state index contributed by atoms with van der Waals surface area (Å²) in [5, 5.41) is 5.52. The van der Waals surface area contributed by atoms with Gasteiger partial charge in [0.15, 0.2) is 11.4 Å². The van der Waals surface area contributed by atoms with Crippen molar-refractivity contribution in [3.05, 3.63) is 41.6 Å². The van der Waals surface area contributed by atoms with Crippen LogP contribution in [0.4, 0.5) is 0 Å². The summed E-state index contributed by atoms with van der Waals surface area (Å²) in [5.74, 6) is -0.301. The van der Waals surface area contributed by atoms with Crippen LogP contribution in [0.5, 0.6) is 5.88 Å². The minimum absolute atomic E-state index is 0.0343. The monoisotopic (exact) mass is 609 g/mol. The van der Waals surface area contributed by atoms with E-state index >= 15 is 0 Å². The largest absolute Gasteiger partial charge is 0.473 e. The van der Waals surface area contributed by atoms with Crippen LogP contribution < -0.4 is 9.46 Å². The van der Waals surface area contributed by atoms with Crippen LogP contribution >= 0.6 is 0 Å². The lowest BCUT2D eigenvalue weighted by Gasteiger charge is -2.36. The van der Waals surface area contributed by atoms with Crippen molar-refractivity contribution >= 4 is 32.7 Å². The third kappa shape index (κ3) is 6.77. The number of benzene rings is 1. The van der Waals surface area contributed by atoms with Gasteiger partial charge >= 0.3 is 0 Å². The molecule has 1 atom stereocenters. The lowest BCUT2D eigenvalue weighted by molar-refractivity contribution is 0.0721. The van der Waals surface area contributed by atoms with E-state index in [4.69, 9.17) is 9.84 Å². The Kier molecular flexibility index (Phi) is 8.68. The van der Waals surface area contributed by atoms with Crippen molar-refractivity contribution in [3.8, 4) is 17.0 Å². The average molecular weight is 610 g/mol. The first-order chi connectivity index (χ1) is 20.2. The number of fused-ring (bicyclic) bond motifs is 1. The second kappa shape index (κ2) is 12.0. The van der Waals surface area contributed by atoms with Crippen LogP contribution in [0.1, 0.15) is 106 Å². The van der Waals surface area contributed by atoms with E-state index in [1.165, 1.54) is 0 Å². The summed E-state index contributed by atoms with van der Waals surface area (Å²) in [6, 6.07) is 8.90. The molecule has 2 fully saturated rings. The Hall–Kier alpha value is -3.31.